The van der Waals surface area contributed by atoms with Crippen LogP contribution in [0.15, 0.2) is 18.2 Å². The molecule has 0 saturated heterocycles. The first-order valence-corrected chi connectivity index (χ1v) is 8.71. The van der Waals surface area contributed by atoms with Gasteiger partial charge in [0.1, 0.15) is 0 Å². The molecule has 0 aliphatic rings. The van der Waals surface area contributed by atoms with Gasteiger partial charge in [-0.25, -0.2) is 0 Å². The van der Waals surface area contributed by atoms with Crippen molar-refractivity contribution in [1.29, 1.82) is 0 Å². The van der Waals surface area contributed by atoms with Crippen molar-refractivity contribution in [1.82, 2.24) is 0 Å². The Morgan fingerprint density at radius 3 is 2.05 bits per heavy atom. The van der Waals surface area contributed by atoms with Crippen molar-refractivity contribution < 1.29 is 9.47 Å². The third kappa shape index (κ3) is 7.61. The Morgan fingerprint density at radius 1 is 0.810 bits per heavy atom. The molecule has 0 heterocycles. The van der Waals surface area contributed by atoms with Crippen LogP contribution >= 0.6 is 11.6 Å². The van der Waals surface area contributed by atoms with E-state index in [4.69, 9.17) is 21.1 Å². The van der Waals surface area contributed by atoms with E-state index < -0.39 is 0 Å². The van der Waals surface area contributed by atoms with E-state index in [1.165, 1.54) is 38.5 Å². The van der Waals surface area contributed by atoms with Crippen LogP contribution in [0.4, 0.5) is 0 Å². The molecule has 0 saturated carbocycles. The molecular formula is C18H29ClO2. The summed E-state index contributed by atoms with van der Waals surface area (Å²) < 4.78 is 11.7. The van der Waals surface area contributed by atoms with Crippen molar-refractivity contribution in [2.75, 3.05) is 13.2 Å². The molecule has 2 nitrogen and oxygen atoms in total. The molecule has 21 heavy (non-hydrogen) atoms. The number of hydrogen-bond acceptors (Lipinski definition) is 2. The lowest BCUT2D eigenvalue weighted by atomic mass is 10.2. The Labute approximate surface area is 134 Å². The average molecular weight is 313 g/mol. The molecule has 3 heteroatoms. The van der Waals surface area contributed by atoms with Gasteiger partial charge >= 0.3 is 0 Å². The van der Waals surface area contributed by atoms with Crippen molar-refractivity contribution in [3.63, 3.8) is 0 Å². The van der Waals surface area contributed by atoms with E-state index in [2.05, 4.69) is 13.8 Å². The molecule has 0 atom stereocenters. The molecule has 120 valence electrons. The summed E-state index contributed by atoms with van der Waals surface area (Å²) >= 11 is 6.23. The molecule has 0 amide bonds. The van der Waals surface area contributed by atoms with Gasteiger partial charge in [0.25, 0.3) is 0 Å². The van der Waals surface area contributed by atoms with Crippen molar-refractivity contribution in [2.45, 2.75) is 65.2 Å². The second kappa shape index (κ2) is 11.7. The fourth-order valence-corrected chi connectivity index (χ4v) is 2.38. The zero-order valence-electron chi connectivity index (χ0n) is 13.5. The normalized spacial score (nSPS) is 10.6. The van der Waals surface area contributed by atoms with Crippen LogP contribution in [0.5, 0.6) is 11.5 Å². The van der Waals surface area contributed by atoms with Gasteiger partial charge in [-0.05, 0) is 25.0 Å². The van der Waals surface area contributed by atoms with Crippen molar-refractivity contribution >= 4 is 11.6 Å². The van der Waals surface area contributed by atoms with E-state index >= 15 is 0 Å². The van der Waals surface area contributed by atoms with Crippen LogP contribution in [0.2, 0.25) is 5.02 Å². The predicted molar refractivity (Wildman–Crippen MR) is 90.7 cm³/mol. The lowest BCUT2D eigenvalue weighted by Gasteiger charge is -2.14. The zero-order chi connectivity index (χ0) is 15.3. The van der Waals surface area contributed by atoms with Crippen molar-refractivity contribution in [3.05, 3.63) is 23.2 Å². The van der Waals surface area contributed by atoms with Gasteiger partial charge in [0.05, 0.1) is 18.2 Å². The third-order valence-corrected chi connectivity index (χ3v) is 3.73. The maximum atomic E-state index is 6.23. The van der Waals surface area contributed by atoms with Gasteiger partial charge in [0, 0.05) is 0 Å². The number of ether oxygens (including phenoxy) is 2. The van der Waals surface area contributed by atoms with Crippen LogP contribution in [-0.2, 0) is 0 Å². The Hall–Kier alpha value is -0.890. The highest BCUT2D eigenvalue weighted by atomic mass is 35.5. The lowest BCUT2D eigenvalue weighted by molar-refractivity contribution is 0.259. The summed E-state index contributed by atoms with van der Waals surface area (Å²) in [6.45, 7) is 5.85. The molecule has 0 bridgehead atoms. The first-order valence-electron chi connectivity index (χ1n) is 8.33. The van der Waals surface area contributed by atoms with Gasteiger partial charge in [-0.2, -0.15) is 0 Å². The van der Waals surface area contributed by atoms with Crippen LogP contribution < -0.4 is 9.47 Å². The van der Waals surface area contributed by atoms with E-state index in [9.17, 15) is 0 Å². The largest absolute Gasteiger partial charge is 0.490 e. The van der Waals surface area contributed by atoms with E-state index in [1.54, 1.807) is 0 Å². The van der Waals surface area contributed by atoms with E-state index in [0.29, 0.717) is 17.4 Å². The van der Waals surface area contributed by atoms with Gasteiger partial charge in [-0.1, -0.05) is 70.0 Å². The number of unbranched alkanes of at least 4 members (excludes halogenated alkanes) is 6. The summed E-state index contributed by atoms with van der Waals surface area (Å²) in [6, 6.07) is 5.70. The average Bonchev–Trinajstić information content (AvgIpc) is 2.49. The minimum atomic E-state index is 0.636. The van der Waals surface area contributed by atoms with Crippen molar-refractivity contribution in [3.8, 4) is 11.5 Å². The number of para-hydroxylation sites is 1. The lowest BCUT2D eigenvalue weighted by Crippen LogP contribution is -2.03. The summed E-state index contributed by atoms with van der Waals surface area (Å²) in [4.78, 5) is 0. The Morgan fingerprint density at radius 2 is 1.43 bits per heavy atom. The summed E-state index contributed by atoms with van der Waals surface area (Å²) in [7, 11) is 0. The molecule has 0 radical (unpaired) electrons. The summed E-state index contributed by atoms with van der Waals surface area (Å²) in [5.74, 6) is 1.47. The standard InChI is InChI=1S/C18H29ClO2/c1-3-5-7-9-14-20-17-13-11-12-16(19)18(17)21-15-10-8-6-4-2/h11-13H,3-10,14-15H2,1-2H3. The predicted octanol–water partition coefficient (Wildman–Crippen LogP) is 6.26. The fraction of sp³-hybridized carbons (Fsp3) is 0.667. The molecule has 1 aromatic rings. The molecule has 0 N–H and O–H groups in total. The number of benzene rings is 1. The topological polar surface area (TPSA) is 18.5 Å². The second-order valence-corrected chi connectivity index (χ2v) is 5.79. The van der Waals surface area contributed by atoms with Crippen LogP contribution in [0.1, 0.15) is 65.2 Å². The molecule has 0 unspecified atom stereocenters. The zero-order valence-corrected chi connectivity index (χ0v) is 14.3. The quantitative estimate of drug-likeness (QED) is 0.424. The molecule has 1 aromatic carbocycles. The highest BCUT2D eigenvalue weighted by Gasteiger charge is 2.09. The molecule has 0 aliphatic heterocycles. The summed E-state index contributed by atoms with van der Waals surface area (Å²) in [6.07, 6.45) is 9.55. The molecule has 0 fully saturated rings. The highest BCUT2D eigenvalue weighted by Crippen LogP contribution is 2.35. The Kier molecular flexibility index (Phi) is 10.1. The molecule has 1 rings (SSSR count). The van der Waals surface area contributed by atoms with E-state index in [0.717, 1.165) is 25.2 Å². The number of rotatable bonds is 12. The van der Waals surface area contributed by atoms with Crippen molar-refractivity contribution in [2.24, 2.45) is 0 Å². The van der Waals surface area contributed by atoms with Gasteiger partial charge in [-0.3, -0.25) is 0 Å². The van der Waals surface area contributed by atoms with Crippen LogP contribution in [0, 0.1) is 0 Å². The Bertz CT molecular complexity index is 379. The van der Waals surface area contributed by atoms with Gasteiger partial charge in [0.2, 0.25) is 0 Å². The van der Waals surface area contributed by atoms with E-state index in [1.807, 2.05) is 18.2 Å². The SMILES string of the molecule is CCCCCCOc1cccc(Cl)c1OCCCCCC. The minimum absolute atomic E-state index is 0.636. The molecular weight excluding hydrogens is 284 g/mol. The molecule has 0 aromatic heterocycles. The Balaban J connectivity index is 2.41. The molecule has 0 aliphatic carbocycles. The number of halogens is 1. The van der Waals surface area contributed by atoms with Gasteiger partial charge < -0.3 is 9.47 Å². The van der Waals surface area contributed by atoms with Gasteiger partial charge in [0.15, 0.2) is 11.5 Å². The first kappa shape index (κ1) is 18.2. The van der Waals surface area contributed by atoms with Crippen LogP contribution in [0.3, 0.4) is 0 Å². The first-order chi connectivity index (χ1) is 10.3. The highest BCUT2D eigenvalue weighted by molar-refractivity contribution is 6.32. The summed E-state index contributed by atoms with van der Waals surface area (Å²) in [5.41, 5.74) is 0. The molecule has 0 spiro atoms. The second-order valence-electron chi connectivity index (χ2n) is 5.39. The fourth-order valence-electron chi connectivity index (χ4n) is 2.16. The smallest absolute Gasteiger partial charge is 0.179 e. The maximum absolute atomic E-state index is 6.23. The van der Waals surface area contributed by atoms with E-state index in [-0.39, 0.29) is 0 Å². The third-order valence-electron chi connectivity index (χ3n) is 3.43. The maximum Gasteiger partial charge on any atom is 0.179 e. The summed E-state index contributed by atoms with van der Waals surface area (Å²) in [5, 5.41) is 0.636. The van der Waals surface area contributed by atoms with Crippen LogP contribution in [0.25, 0.3) is 0 Å². The monoisotopic (exact) mass is 312 g/mol. The minimum Gasteiger partial charge on any atom is -0.490 e. The van der Waals surface area contributed by atoms with Crippen LogP contribution in [-0.4, -0.2) is 13.2 Å². The number of hydrogen-bond donors (Lipinski definition) is 0. The van der Waals surface area contributed by atoms with Gasteiger partial charge in [-0.15, -0.1) is 0 Å².